The fourth-order valence-corrected chi connectivity index (χ4v) is 6.86. The van der Waals surface area contributed by atoms with Gasteiger partial charge in [-0.15, -0.1) is 0 Å². The number of ether oxygens (including phenoxy) is 5. The molecule has 11 heteroatoms. The minimum Gasteiger partial charge on any atom is -0.456 e. The lowest BCUT2D eigenvalue weighted by Crippen LogP contribution is -2.54. The smallest absolute Gasteiger partial charge is 0.331 e. The Morgan fingerprint density at radius 3 is 2.70 bits per heavy atom. The molecule has 3 N–H and O–H groups in total. The van der Waals surface area contributed by atoms with E-state index in [0.717, 1.165) is 6.42 Å². The molecule has 0 amide bonds. The predicted molar refractivity (Wildman–Crippen MR) is 161 cm³/mol. The van der Waals surface area contributed by atoms with Gasteiger partial charge in [0.25, 0.3) is 0 Å². The van der Waals surface area contributed by atoms with E-state index in [0.29, 0.717) is 23.6 Å². The summed E-state index contributed by atoms with van der Waals surface area (Å²) >= 11 is 0. The number of aliphatic hydroxyl groups is 3. The summed E-state index contributed by atoms with van der Waals surface area (Å²) in [5.41, 5.74) is 1.50. The number of hydrogen-bond donors (Lipinski definition) is 3. The summed E-state index contributed by atoms with van der Waals surface area (Å²) in [4.78, 5) is 17.4. The Labute approximate surface area is 258 Å². The molecule has 242 valence electrons. The van der Waals surface area contributed by atoms with Crippen molar-refractivity contribution in [2.24, 2.45) is 30.7 Å². The lowest BCUT2D eigenvalue weighted by Gasteiger charge is -2.41. The van der Waals surface area contributed by atoms with Gasteiger partial charge < -0.3 is 43.6 Å². The SMILES string of the molecule is COC12C=CC(C)(O1)C(OC(=O)C=Cc1cn(C)cn1)CC1C(C)=CCC(C(C)C)C1C=C2COC1OCC(O)C(O)C1O. The molecule has 2 bridgehead atoms. The molecular weight excluding hydrogens is 568 g/mol. The highest BCUT2D eigenvalue weighted by Gasteiger charge is 2.53. The van der Waals surface area contributed by atoms with Crippen LogP contribution in [0, 0.1) is 23.7 Å². The molecule has 10 atom stereocenters. The summed E-state index contributed by atoms with van der Waals surface area (Å²) < 4.78 is 32.4. The Kier molecular flexibility index (Phi) is 9.67. The predicted octanol–water partition coefficient (Wildman–Crippen LogP) is 2.67. The third-order valence-electron chi connectivity index (χ3n) is 9.60. The number of esters is 1. The summed E-state index contributed by atoms with van der Waals surface area (Å²) in [5, 5.41) is 30.6. The monoisotopic (exact) mass is 614 g/mol. The average Bonchev–Trinajstić information content (AvgIpc) is 3.58. The van der Waals surface area contributed by atoms with Crippen LogP contribution >= 0.6 is 0 Å². The van der Waals surface area contributed by atoms with Crippen LogP contribution in [0.25, 0.3) is 6.08 Å². The zero-order chi connectivity index (χ0) is 31.8. The van der Waals surface area contributed by atoms with Crippen molar-refractivity contribution in [3.8, 4) is 0 Å². The molecule has 1 aliphatic carbocycles. The van der Waals surface area contributed by atoms with Gasteiger partial charge in [-0.25, -0.2) is 9.78 Å². The first-order valence-corrected chi connectivity index (χ1v) is 15.3. The minimum atomic E-state index is -1.43. The van der Waals surface area contributed by atoms with E-state index in [1.807, 2.05) is 32.3 Å². The Morgan fingerprint density at radius 2 is 2.02 bits per heavy atom. The van der Waals surface area contributed by atoms with Gasteiger partial charge in [-0.2, -0.15) is 0 Å². The van der Waals surface area contributed by atoms with E-state index in [-0.39, 0.29) is 31.0 Å². The molecule has 5 rings (SSSR count). The van der Waals surface area contributed by atoms with E-state index < -0.39 is 48.1 Å². The molecule has 0 spiro atoms. The zero-order valence-corrected chi connectivity index (χ0v) is 26.3. The van der Waals surface area contributed by atoms with Crippen LogP contribution in [0.3, 0.4) is 0 Å². The molecule has 11 nitrogen and oxygen atoms in total. The third kappa shape index (κ3) is 6.50. The van der Waals surface area contributed by atoms with Crippen molar-refractivity contribution < 1.29 is 43.8 Å². The molecule has 1 aromatic rings. The Hall–Kier alpha value is -2.64. The molecule has 1 aromatic heterocycles. The van der Waals surface area contributed by atoms with E-state index in [9.17, 15) is 20.1 Å². The summed E-state index contributed by atoms with van der Waals surface area (Å²) in [7, 11) is 3.41. The van der Waals surface area contributed by atoms with E-state index >= 15 is 0 Å². The van der Waals surface area contributed by atoms with Gasteiger partial charge in [-0.3, -0.25) is 0 Å². The topological polar surface area (TPSA) is 142 Å². The van der Waals surface area contributed by atoms with Crippen molar-refractivity contribution in [1.29, 1.82) is 0 Å². The number of hydrogen-bond acceptors (Lipinski definition) is 10. The molecule has 1 saturated heterocycles. The van der Waals surface area contributed by atoms with Gasteiger partial charge in [0, 0.05) is 32.0 Å². The number of aryl methyl sites for hydroxylation is 1. The number of aromatic nitrogens is 2. The van der Waals surface area contributed by atoms with E-state index in [4.69, 9.17) is 23.7 Å². The number of methoxy groups -OCH3 is 1. The molecule has 0 aromatic carbocycles. The highest BCUT2D eigenvalue weighted by molar-refractivity contribution is 5.86. The lowest BCUT2D eigenvalue weighted by molar-refractivity contribution is -0.272. The molecule has 44 heavy (non-hydrogen) atoms. The highest BCUT2D eigenvalue weighted by Crippen LogP contribution is 2.49. The first-order chi connectivity index (χ1) is 20.9. The van der Waals surface area contributed by atoms with Crippen LogP contribution in [0.5, 0.6) is 0 Å². The third-order valence-corrected chi connectivity index (χ3v) is 9.60. The van der Waals surface area contributed by atoms with Gasteiger partial charge in [0.05, 0.1) is 25.2 Å². The lowest BCUT2D eigenvalue weighted by atomic mass is 9.65. The number of allylic oxidation sites excluding steroid dienone is 3. The molecule has 0 radical (unpaired) electrons. The maximum Gasteiger partial charge on any atom is 0.331 e. The number of rotatable bonds is 8. The second-order valence-corrected chi connectivity index (χ2v) is 13.0. The Bertz CT molecular complexity index is 1320. The number of aliphatic hydroxyl groups excluding tert-OH is 3. The summed E-state index contributed by atoms with van der Waals surface area (Å²) in [6, 6.07) is 0. The molecular formula is C33H46N2O9. The van der Waals surface area contributed by atoms with Crippen molar-refractivity contribution >= 4 is 12.0 Å². The van der Waals surface area contributed by atoms with Crippen LogP contribution in [-0.4, -0.2) is 93.3 Å². The van der Waals surface area contributed by atoms with Crippen LogP contribution in [0.2, 0.25) is 0 Å². The second kappa shape index (κ2) is 13.0. The van der Waals surface area contributed by atoms with E-state index in [2.05, 4.69) is 37.9 Å². The first-order valence-electron chi connectivity index (χ1n) is 15.3. The average molecular weight is 615 g/mol. The largest absolute Gasteiger partial charge is 0.456 e. The number of fused-ring (bicyclic) bond motifs is 3. The van der Waals surface area contributed by atoms with Gasteiger partial charge in [0.2, 0.25) is 5.79 Å². The van der Waals surface area contributed by atoms with Gasteiger partial charge in [0.15, 0.2) is 6.29 Å². The standard InChI is InChI=1S/C33H46N2O9/c1-19(2)23-9-7-20(3)24-14-27(43-28(37)10-8-22-15-35(5)18-34-22)32(4)11-12-33(40-6,44-32)21(13-25(23)24)16-41-31-30(39)29(38)26(36)17-42-31/h7-8,10-13,15,18-19,23-27,29-31,36,38-39H,9,14,16-17H2,1-6H3. The number of imidazole rings is 1. The Morgan fingerprint density at radius 1 is 1.25 bits per heavy atom. The molecule has 0 saturated carbocycles. The molecule has 4 heterocycles. The molecule has 3 aliphatic heterocycles. The fraction of sp³-hybridized carbons (Fsp3) is 0.636. The Balaban J connectivity index is 1.48. The fourth-order valence-electron chi connectivity index (χ4n) is 6.86. The van der Waals surface area contributed by atoms with Crippen molar-refractivity contribution in [2.75, 3.05) is 20.3 Å². The van der Waals surface area contributed by atoms with Gasteiger partial charge >= 0.3 is 5.97 Å². The number of carbonyl (C=O) groups excluding carboxylic acids is 1. The normalized spacial score (nSPS) is 39.0. The van der Waals surface area contributed by atoms with Gasteiger partial charge in [-0.1, -0.05) is 31.6 Å². The quantitative estimate of drug-likeness (QED) is 0.227. The van der Waals surface area contributed by atoms with Crippen LogP contribution in [0.15, 0.2) is 54.1 Å². The molecule has 4 aliphatic rings. The van der Waals surface area contributed by atoms with Gasteiger partial charge in [0.1, 0.15) is 30.0 Å². The second-order valence-electron chi connectivity index (χ2n) is 13.0. The van der Waals surface area contributed by atoms with E-state index in [1.54, 1.807) is 24.1 Å². The molecule has 10 unspecified atom stereocenters. The van der Waals surface area contributed by atoms with Crippen LogP contribution < -0.4 is 0 Å². The maximum atomic E-state index is 13.2. The summed E-state index contributed by atoms with van der Waals surface area (Å²) in [6.45, 7) is 8.23. The van der Waals surface area contributed by atoms with E-state index in [1.165, 1.54) is 11.6 Å². The zero-order valence-electron chi connectivity index (χ0n) is 26.3. The summed E-state index contributed by atoms with van der Waals surface area (Å²) in [5.74, 6) is -1.11. The van der Waals surface area contributed by atoms with Crippen molar-refractivity contribution in [3.05, 3.63) is 59.7 Å². The van der Waals surface area contributed by atoms with Crippen molar-refractivity contribution in [2.45, 2.75) is 82.6 Å². The summed E-state index contributed by atoms with van der Waals surface area (Å²) in [6.07, 6.45) is 10.2. The highest BCUT2D eigenvalue weighted by atomic mass is 16.7. The minimum absolute atomic E-state index is 0.0349. The van der Waals surface area contributed by atoms with Gasteiger partial charge in [-0.05, 0) is 68.6 Å². The molecule has 1 fully saturated rings. The van der Waals surface area contributed by atoms with Crippen molar-refractivity contribution in [3.63, 3.8) is 0 Å². The van der Waals surface area contributed by atoms with Crippen LogP contribution in [-0.2, 0) is 35.5 Å². The van der Waals surface area contributed by atoms with Crippen LogP contribution in [0.1, 0.15) is 46.2 Å². The number of nitrogens with zero attached hydrogens (tertiary/aromatic N) is 2. The maximum absolute atomic E-state index is 13.2. The van der Waals surface area contributed by atoms with Crippen molar-refractivity contribution in [1.82, 2.24) is 9.55 Å². The number of carbonyl (C=O) groups is 1. The van der Waals surface area contributed by atoms with Crippen LogP contribution in [0.4, 0.5) is 0 Å². The first kappa shape index (κ1) is 32.7.